The average Bonchev–Trinajstić information content (AvgIpc) is 3.28. The number of amides is 8. The van der Waals surface area contributed by atoms with Crippen LogP contribution in [0.25, 0.3) is 0 Å². The number of ether oxygens (including phenoxy) is 5. The zero-order chi connectivity index (χ0) is 57.5. The van der Waals surface area contributed by atoms with Gasteiger partial charge in [-0.2, -0.15) is 0 Å². The van der Waals surface area contributed by atoms with Crippen LogP contribution in [0.2, 0.25) is 0 Å². The smallest absolute Gasteiger partial charge is 0.408 e. The Labute approximate surface area is 449 Å². The molecule has 0 saturated heterocycles. The predicted octanol–water partition coefficient (Wildman–Crippen LogP) is 5.41. The Balaban J connectivity index is 3.32. The number of benzene rings is 1. The van der Waals surface area contributed by atoms with Crippen LogP contribution in [0.4, 0.5) is 19.2 Å². The fraction of sp³-hybridized carbons (Fsp3) is 0.717. The first-order valence-corrected chi connectivity index (χ1v) is 26.3. The molecule has 0 aliphatic carbocycles. The Hall–Kier alpha value is -6.39. The van der Waals surface area contributed by atoms with Crippen LogP contribution in [0.3, 0.4) is 0 Å². The van der Waals surface area contributed by atoms with E-state index in [1.165, 1.54) is 0 Å². The van der Waals surface area contributed by atoms with Gasteiger partial charge >= 0.3 is 30.3 Å². The number of nitrogens with two attached hydrogens (primary N) is 1. The zero-order valence-corrected chi connectivity index (χ0v) is 47.2. The van der Waals surface area contributed by atoms with Gasteiger partial charge in [0.2, 0.25) is 23.6 Å². The van der Waals surface area contributed by atoms with Crippen molar-refractivity contribution >= 4 is 54.0 Å². The Kier molecular flexibility index (Phi) is 30.5. The van der Waals surface area contributed by atoms with Crippen molar-refractivity contribution in [3.05, 3.63) is 35.9 Å². The highest BCUT2D eigenvalue weighted by Crippen LogP contribution is 2.14. The summed E-state index contributed by atoms with van der Waals surface area (Å²) in [5.41, 5.74) is 3.37. The molecule has 1 rings (SSSR count). The molecule has 4 atom stereocenters. The number of alkyl carbamates (subject to hydrolysis) is 4. The van der Waals surface area contributed by atoms with Crippen LogP contribution in [0.15, 0.2) is 30.3 Å². The number of carbonyl (C=O) groups excluding carboxylic acids is 9. The molecule has 1 aromatic carbocycles. The maximum atomic E-state index is 14.3. The molecule has 8 amide bonds. The van der Waals surface area contributed by atoms with E-state index in [0.717, 1.165) is 5.56 Å². The van der Waals surface area contributed by atoms with E-state index >= 15 is 0 Å². The molecular weight excluding hydrogens is 987 g/mol. The highest BCUT2D eigenvalue weighted by Gasteiger charge is 2.31. The molecule has 23 nitrogen and oxygen atoms in total. The maximum Gasteiger partial charge on any atom is 0.408 e. The summed E-state index contributed by atoms with van der Waals surface area (Å²) in [5.74, 6) is -3.35. The zero-order valence-electron chi connectivity index (χ0n) is 47.2. The second-order valence-electron chi connectivity index (χ2n) is 22.3. The van der Waals surface area contributed by atoms with Crippen LogP contribution in [0, 0.1) is 0 Å². The maximum absolute atomic E-state index is 14.3. The topological polar surface area (TPSA) is 322 Å². The summed E-state index contributed by atoms with van der Waals surface area (Å²) in [4.78, 5) is 118. The highest BCUT2D eigenvalue weighted by molar-refractivity contribution is 5.94. The lowest BCUT2D eigenvalue weighted by Crippen LogP contribution is -2.57. The Morgan fingerprint density at radius 2 is 0.763 bits per heavy atom. The van der Waals surface area contributed by atoms with Crippen molar-refractivity contribution in [3.63, 3.8) is 0 Å². The minimum atomic E-state index is -1.28. The SMILES string of the molecule is CC(C)(C)OC(=O)NCCCCC(NC(=O)OC(C)(C)C)C(=O)NCCCCC(NC(=O)C(CCCCNC(=O)OC(C)(C)C)NC(=O)OC(C)(C)C)C(=O)NC(CCCCN)C(=O)NCC(=O)OCc1ccccc1. The van der Waals surface area contributed by atoms with E-state index in [4.69, 9.17) is 29.4 Å². The fourth-order valence-corrected chi connectivity index (χ4v) is 6.85. The first-order chi connectivity index (χ1) is 35.4. The predicted molar refractivity (Wildman–Crippen MR) is 285 cm³/mol. The summed E-state index contributed by atoms with van der Waals surface area (Å²) in [5, 5.41) is 21.4. The van der Waals surface area contributed by atoms with Gasteiger partial charge < -0.3 is 72.0 Å². The third kappa shape index (κ3) is 35.0. The van der Waals surface area contributed by atoms with Gasteiger partial charge in [0.25, 0.3) is 0 Å². The lowest BCUT2D eigenvalue weighted by Gasteiger charge is -2.26. The molecule has 1 aromatic rings. The van der Waals surface area contributed by atoms with Crippen LogP contribution in [0.5, 0.6) is 0 Å². The summed E-state index contributed by atoms with van der Waals surface area (Å²) in [7, 11) is 0. The second-order valence-corrected chi connectivity index (χ2v) is 22.3. The van der Waals surface area contributed by atoms with E-state index < -0.39 is 107 Å². The van der Waals surface area contributed by atoms with Crippen LogP contribution in [-0.2, 0) is 54.3 Å². The van der Waals surface area contributed by atoms with Crippen molar-refractivity contribution in [2.75, 3.05) is 32.7 Å². The van der Waals surface area contributed by atoms with Gasteiger partial charge in [-0.05, 0) is 172 Å². The summed E-state index contributed by atoms with van der Waals surface area (Å²) < 4.78 is 26.7. The largest absolute Gasteiger partial charge is 0.460 e. The molecule has 0 saturated carbocycles. The molecule has 0 aromatic heterocycles. The molecule has 76 heavy (non-hydrogen) atoms. The van der Waals surface area contributed by atoms with Gasteiger partial charge in [0, 0.05) is 19.6 Å². The number of carbonyl (C=O) groups is 9. The molecule has 0 heterocycles. The van der Waals surface area contributed by atoms with Gasteiger partial charge in [-0.25, -0.2) is 19.2 Å². The molecule has 432 valence electrons. The number of rotatable bonds is 31. The van der Waals surface area contributed by atoms with E-state index in [9.17, 15) is 43.2 Å². The standard InChI is InChI=1S/C53H91N9O14/c1-50(2,3)73-46(68)56-32-22-18-27-38(61-48(70)75-52(7,8)9)42(64)55-31-21-17-28-39(44(66)59-37(26-16-20-30-54)43(65)58-34-41(63)72-35-36-24-14-13-15-25-36)60-45(67)40(62-49(71)76-53(10,11)12)29-19-23-33-57-47(69)74-51(4,5)6/h13-15,24-25,37-40H,16-23,26-35,54H2,1-12H3,(H,55,64)(H,56,68)(H,57,69)(H,58,65)(H,59,66)(H,60,67)(H,61,70)(H,62,71). The molecule has 4 unspecified atom stereocenters. The minimum absolute atomic E-state index is 0.000401. The lowest BCUT2D eigenvalue weighted by atomic mass is 10.0. The molecule has 0 spiro atoms. The summed E-state index contributed by atoms with van der Waals surface area (Å²) in [6.07, 6.45) is 0.706. The van der Waals surface area contributed by atoms with Gasteiger partial charge in [0.05, 0.1) is 0 Å². The van der Waals surface area contributed by atoms with Crippen LogP contribution >= 0.6 is 0 Å². The van der Waals surface area contributed by atoms with Gasteiger partial charge in [0.15, 0.2) is 0 Å². The van der Waals surface area contributed by atoms with Crippen molar-refractivity contribution in [2.45, 2.75) is 213 Å². The minimum Gasteiger partial charge on any atom is -0.460 e. The van der Waals surface area contributed by atoms with Gasteiger partial charge in [-0.1, -0.05) is 30.3 Å². The van der Waals surface area contributed by atoms with Crippen molar-refractivity contribution in [1.82, 2.24) is 42.5 Å². The van der Waals surface area contributed by atoms with Crippen molar-refractivity contribution in [1.29, 1.82) is 0 Å². The number of nitrogens with one attached hydrogen (secondary N) is 8. The monoisotopic (exact) mass is 1080 g/mol. The quantitative estimate of drug-likeness (QED) is 0.0255. The Morgan fingerprint density at radius 1 is 0.421 bits per heavy atom. The Morgan fingerprint density at radius 3 is 1.17 bits per heavy atom. The first-order valence-electron chi connectivity index (χ1n) is 26.3. The van der Waals surface area contributed by atoms with E-state index in [0.29, 0.717) is 51.5 Å². The highest BCUT2D eigenvalue weighted by atomic mass is 16.6. The molecule has 0 aliphatic rings. The Bertz CT molecular complexity index is 1980. The van der Waals surface area contributed by atoms with E-state index in [1.54, 1.807) is 107 Å². The van der Waals surface area contributed by atoms with Gasteiger partial charge in [-0.15, -0.1) is 0 Å². The molecule has 23 heteroatoms. The van der Waals surface area contributed by atoms with E-state index in [-0.39, 0.29) is 58.3 Å². The summed E-state index contributed by atoms with van der Waals surface area (Å²) >= 11 is 0. The summed E-state index contributed by atoms with van der Waals surface area (Å²) in [6.45, 7) is 20.9. The molecule has 0 bridgehead atoms. The van der Waals surface area contributed by atoms with Crippen molar-refractivity contribution in [3.8, 4) is 0 Å². The molecular formula is C53H91N9O14. The molecule has 0 fully saturated rings. The number of unbranched alkanes of at least 4 members (excludes halogenated alkanes) is 4. The first kappa shape index (κ1) is 67.6. The second kappa shape index (κ2) is 34.3. The van der Waals surface area contributed by atoms with Crippen molar-refractivity contribution in [2.24, 2.45) is 5.73 Å². The number of hydrogen-bond donors (Lipinski definition) is 9. The van der Waals surface area contributed by atoms with Crippen molar-refractivity contribution < 1.29 is 66.8 Å². The average molecular weight is 1080 g/mol. The van der Waals surface area contributed by atoms with Crippen LogP contribution in [0.1, 0.15) is 166 Å². The van der Waals surface area contributed by atoms with E-state index in [2.05, 4.69) is 42.5 Å². The lowest BCUT2D eigenvalue weighted by molar-refractivity contribution is -0.145. The van der Waals surface area contributed by atoms with Gasteiger partial charge in [-0.3, -0.25) is 24.0 Å². The number of hydrogen-bond acceptors (Lipinski definition) is 15. The van der Waals surface area contributed by atoms with Gasteiger partial charge in [0.1, 0.15) is 59.7 Å². The van der Waals surface area contributed by atoms with Crippen LogP contribution in [-0.4, -0.2) is 133 Å². The van der Waals surface area contributed by atoms with Crippen LogP contribution < -0.4 is 48.3 Å². The summed E-state index contributed by atoms with van der Waals surface area (Å²) in [6, 6.07) is 4.34. The fourth-order valence-electron chi connectivity index (χ4n) is 6.85. The normalized spacial score (nSPS) is 13.2. The van der Waals surface area contributed by atoms with E-state index in [1.807, 2.05) is 6.07 Å². The molecule has 10 N–H and O–H groups in total. The molecule has 0 radical (unpaired) electrons. The third-order valence-electron chi connectivity index (χ3n) is 10.3. The molecule has 0 aliphatic heterocycles. The third-order valence-corrected chi connectivity index (χ3v) is 10.3. The number of esters is 1.